The molecule has 3 N–H and O–H groups in total. The Labute approximate surface area is 118 Å². The largest absolute Gasteiger partial charge is 0.409 e. The summed E-state index contributed by atoms with van der Waals surface area (Å²) in [5, 5.41) is 11.3. The number of oxime groups is 1. The van der Waals surface area contributed by atoms with Gasteiger partial charge in [-0.15, -0.1) is 0 Å². The van der Waals surface area contributed by atoms with Crippen LogP contribution in [0.2, 0.25) is 5.02 Å². The maximum Gasteiger partial charge on any atom is 0.405 e. The number of nitrogens with two attached hydrogens (primary N) is 1. The van der Waals surface area contributed by atoms with Gasteiger partial charge in [0.15, 0.2) is 5.84 Å². The van der Waals surface area contributed by atoms with Crippen LogP contribution in [0.1, 0.15) is 19.4 Å². The summed E-state index contributed by atoms with van der Waals surface area (Å²) < 4.78 is 37.8. The lowest BCUT2D eigenvalue weighted by Crippen LogP contribution is -2.40. The summed E-state index contributed by atoms with van der Waals surface area (Å²) in [6, 6.07) is 0.872. The van der Waals surface area contributed by atoms with Crippen molar-refractivity contribution >= 4 is 23.3 Å². The molecule has 0 aliphatic rings. The maximum atomic E-state index is 12.6. The highest BCUT2D eigenvalue weighted by Gasteiger charge is 2.33. The molecule has 0 aromatic carbocycles. The van der Waals surface area contributed by atoms with Crippen molar-refractivity contribution in [1.29, 1.82) is 0 Å². The standard InChI is InChI=1S/C11H14ClF3N4O/c1-6(2)19(5-11(13,14)15)10-8(12)7(3-4-17-10)9(16)18-20/h3-4,6,20H,5H2,1-2H3,(H2,16,18). The minimum Gasteiger partial charge on any atom is -0.409 e. The van der Waals surface area contributed by atoms with Crippen LogP contribution in [0.15, 0.2) is 17.4 Å². The minimum absolute atomic E-state index is 0.0666. The second-order valence-corrected chi connectivity index (χ2v) is 4.70. The lowest BCUT2D eigenvalue weighted by Gasteiger charge is -2.29. The normalized spacial score (nSPS) is 12.8. The maximum absolute atomic E-state index is 12.6. The molecule has 1 aromatic heterocycles. The zero-order chi connectivity index (χ0) is 15.5. The number of rotatable bonds is 4. The second-order valence-electron chi connectivity index (χ2n) is 4.32. The van der Waals surface area contributed by atoms with Gasteiger partial charge in [-0.25, -0.2) is 4.98 Å². The average Bonchev–Trinajstić information content (AvgIpc) is 2.34. The first-order valence-corrected chi connectivity index (χ1v) is 6.01. The van der Waals surface area contributed by atoms with Crippen LogP contribution in [0.3, 0.4) is 0 Å². The van der Waals surface area contributed by atoms with Crippen LogP contribution in [0.4, 0.5) is 19.0 Å². The van der Waals surface area contributed by atoms with E-state index in [9.17, 15) is 13.2 Å². The van der Waals surface area contributed by atoms with E-state index in [4.69, 9.17) is 22.5 Å². The molecular formula is C11H14ClF3N4O. The summed E-state index contributed by atoms with van der Waals surface area (Å²) in [6.45, 7) is 1.97. The molecule has 0 saturated carbocycles. The molecule has 0 atom stereocenters. The summed E-state index contributed by atoms with van der Waals surface area (Å²) in [5.41, 5.74) is 5.53. The zero-order valence-electron chi connectivity index (χ0n) is 10.8. The van der Waals surface area contributed by atoms with E-state index in [0.29, 0.717) is 0 Å². The second kappa shape index (κ2) is 6.17. The Morgan fingerprint density at radius 2 is 2.15 bits per heavy atom. The smallest absolute Gasteiger partial charge is 0.405 e. The Hall–Kier alpha value is -1.70. The van der Waals surface area contributed by atoms with Gasteiger partial charge >= 0.3 is 6.18 Å². The van der Waals surface area contributed by atoms with Gasteiger partial charge in [0.2, 0.25) is 0 Å². The Morgan fingerprint density at radius 3 is 2.60 bits per heavy atom. The predicted molar refractivity (Wildman–Crippen MR) is 70.3 cm³/mol. The molecule has 0 fully saturated rings. The monoisotopic (exact) mass is 310 g/mol. The third-order valence-corrected chi connectivity index (χ3v) is 2.87. The lowest BCUT2D eigenvalue weighted by molar-refractivity contribution is -0.120. The molecule has 0 saturated heterocycles. The SMILES string of the molecule is CC(C)N(CC(F)(F)F)c1nccc(/C(N)=N/O)c1Cl. The summed E-state index contributed by atoms with van der Waals surface area (Å²) in [5.74, 6) is -0.363. The van der Waals surface area contributed by atoms with Gasteiger partial charge in [0.25, 0.3) is 0 Å². The molecule has 20 heavy (non-hydrogen) atoms. The van der Waals surface area contributed by atoms with Crippen molar-refractivity contribution in [3.8, 4) is 0 Å². The molecule has 0 aliphatic carbocycles. The zero-order valence-corrected chi connectivity index (χ0v) is 11.6. The Morgan fingerprint density at radius 1 is 1.55 bits per heavy atom. The molecular weight excluding hydrogens is 297 g/mol. The molecule has 0 radical (unpaired) electrons. The van der Waals surface area contributed by atoms with Crippen LogP contribution < -0.4 is 10.6 Å². The van der Waals surface area contributed by atoms with Crippen molar-refractivity contribution in [3.05, 3.63) is 22.8 Å². The molecule has 0 amide bonds. The van der Waals surface area contributed by atoms with Gasteiger partial charge in [-0.1, -0.05) is 16.8 Å². The van der Waals surface area contributed by atoms with E-state index in [0.717, 1.165) is 4.90 Å². The molecule has 1 rings (SSSR count). The number of aromatic nitrogens is 1. The number of alkyl halides is 3. The van der Waals surface area contributed by atoms with Gasteiger partial charge in [0, 0.05) is 17.8 Å². The van der Waals surface area contributed by atoms with Crippen LogP contribution in [-0.2, 0) is 0 Å². The van der Waals surface area contributed by atoms with Crippen molar-refractivity contribution in [3.63, 3.8) is 0 Å². The fourth-order valence-electron chi connectivity index (χ4n) is 1.58. The third-order valence-electron chi connectivity index (χ3n) is 2.50. The number of anilines is 1. The van der Waals surface area contributed by atoms with Gasteiger partial charge in [0.05, 0.1) is 5.02 Å². The average molecular weight is 311 g/mol. The van der Waals surface area contributed by atoms with E-state index >= 15 is 0 Å². The number of hydrogen-bond acceptors (Lipinski definition) is 4. The van der Waals surface area contributed by atoms with Gasteiger partial charge < -0.3 is 15.8 Å². The molecule has 0 bridgehead atoms. The molecule has 0 spiro atoms. The van der Waals surface area contributed by atoms with Crippen molar-refractivity contribution in [2.45, 2.75) is 26.1 Å². The molecule has 112 valence electrons. The Kier molecular flexibility index (Phi) is 5.04. The van der Waals surface area contributed by atoms with Gasteiger partial charge in [-0.2, -0.15) is 13.2 Å². The first-order chi connectivity index (χ1) is 9.17. The van der Waals surface area contributed by atoms with Crippen molar-refractivity contribution in [2.24, 2.45) is 10.9 Å². The molecule has 0 aliphatic heterocycles. The lowest BCUT2D eigenvalue weighted by atomic mass is 10.2. The van der Waals surface area contributed by atoms with Gasteiger partial charge in [0.1, 0.15) is 12.4 Å². The topological polar surface area (TPSA) is 74.7 Å². The molecule has 9 heteroatoms. The van der Waals surface area contributed by atoms with Crippen molar-refractivity contribution in [2.75, 3.05) is 11.4 Å². The minimum atomic E-state index is -4.40. The molecule has 1 heterocycles. The van der Waals surface area contributed by atoms with Gasteiger partial charge in [-0.3, -0.25) is 0 Å². The van der Waals surface area contributed by atoms with Crippen LogP contribution in [0.5, 0.6) is 0 Å². The summed E-state index contributed by atoms with van der Waals surface area (Å²) in [4.78, 5) is 4.86. The highest BCUT2D eigenvalue weighted by atomic mass is 35.5. The van der Waals surface area contributed by atoms with Crippen LogP contribution >= 0.6 is 11.6 Å². The fraction of sp³-hybridized carbons (Fsp3) is 0.455. The first kappa shape index (κ1) is 16.4. The fourth-order valence-corrected chi connectivity index (χ4v) is 1.90. The molecule has 5 nitrogen and oxygen atoms in total. The predicted octanol–water partition coefficient (Wildman–Crippen LogP) is 2.61. The van der Waals surface area contributed by atoms with Crippen LogP contribution in [0, 0.1) is 0 Å². The third kappa shape index (κ3) is 3.89. The van der Waals surface area contributed by atoms with E-state index in [2.05, 4.69) is 10.1 Å². The number of hydrogen-bond donors (Lipinski definition) is 2. The highest BCUT2D eigenvalue weighted by molar-refractivity contribution is 6.36. The van der Waals surface area contributed by atoms with Crippen molar-refractivity contribution < 1.29 is 18.4 Å². The Bertz CT molecular complexity index is 505. The van der Waals surface area contributed by atoms with Crippen molar-refractivity contribution in [1.82, 2.24) is 4.98 Å². The quantitative estimate of drug-likeness (QED) is 0.388. The number of pyridine rings is 1. The summed E-state index contributed by atoms with van der Waals surface area (Å²) in [7, 11) is 0. The van der Waals surface area contributed by atoms with Crippen LogP contribution in [0.25, 0.3) is 0 Å². The number of halogens is 4. The number of nitrogens with zero attached hydrogens (tertiary/aromatic N) is 3. The van der Waals surface area contributed by atoms with Gasteiger partial charge in [-0.05, 0) is 19.9 Å². The van der Waals surface area contributed by atoms with E-state index in [1.165, 1.54) is 12.3 Å². The van der Waals surface area contributed by atoms with E-state index in [-0.39, 0.29) is 22.2 Å². The van der Waals surface area contributed by atoms with Crippen LogP contribution in [-0.4, -0.2) is 34.8 Å². The Balaban J connectivity index is 3.28. The number of amidine groups is 1. The van der Waals surface area contributed by atoms with E-state index in [1.54, 1.807) is 13.8 Å². The van der Waals surface area contributed by atoms with E-state index in [1.807, 2.05) is 0 Å². The highest BCUT2D eigenvalue weighted by Crippen LogP contribution is 2.30. The van der Waals surface area contributed by atoms with E-state index < -0.39 is 18.8 Å². The first-order valence-electron chi connectivity index (χ1n) is 5.63. The molecule has 0 unspecified atom stereocenters. The summed E-state index contributed by atoms with van der Waals surface area (Å²) >= 11 is 6.01. The molecule has 1 aromatic rings. The summed E-state index contributed by atoms with van der Waals surface area (Å²) in [6.07, 6.45) is -3.15.